The first-order valence-electron chi connectivity index (χ1n) is 14.2. The zero-order valence-electron chi connectivity index (χ0n) is 24.5. The Balaban J connectivity index is 1.35. The van der Waals surface area contributed by atoms with E-state index in [2.05, 4.69) is 65.1 Å². The summed E-state index contributed by atoms with van der Waals surface area (Å²) < 4.78 is 5.40. The van der Waals surface area contributed by atoms with Gasteiger partial charge in [0.15, 0.2) is 0 Å². The number of carbonyl (C=O) groups is 1. The molecule has 1 N–H and O–H groups in total. The molecule has 0 bridgehead atoms. The predicted molar refractivity (Wildman–Crippen MR) is 160 cm³/mol. The molecule has 1 aliphatic heterocycles. The quantitative estimate of drug-likeness (QED) is 0.350. The van der Waals surface area contributed by atoms with Gasteiger partial charge < -0.3 is 19.9 Å². The van der Waals surface area contributed by atoms with E-state index >= 15 is 0 Å². The average Bonchev–Trinajstić information content (AvgIpc) is 2.95. The molecule has 6 nitrogen and oxygen atoms in total. The number of aryl methyl sites for hydroxylation is 3. The second-order valence-corrected chi connectivity index (χ2v) is 11.0. The van der Waals surface area contributed by atoms with Crippen LogP contribution in [0.15, 0.2) is 54.9 Å². The maximum Gasteiger partial charge on any atom is 0.251 e. The summed E-state index contributed by atoms with van der Waals surface area (Å²) in [6.07, 6.45) is 7.00. The normalized spacial score (nSPS) is 15.1. The zero-order chi connectivity index (χ0) is 27.9. The molecule has 4 rings (SSSR count). The lowest BCUT2D eigenvalue weighted by molar-refractivity contribution is 0.0943. The van der Waals surface area contributed by atoms with Crippen molar-refractivity contribution in [1.82, 2.24) is 15.2 Å². The molecule has 1 aliphatic rings. The molecular weight excluding hydrogens is 484 g/mol. The Labute approximate surface area is 234 Å². The number of benzene rings is 2. The summed E-state index contributed by atoms with van der Waals surface area (Å²) in [4.78, 5) is 22.4. The molecule has 2 heterocycles. The summed E-state index contributed by atoms with van der Waals surface area (Å²) in [7, 11) is 1.71. The minimum atomic E-state index is 0.0421. The highest BCUT2D eigenvalue weighted by atomic mass is 16.5. The Bertz CT molecular complexity index is 1250. The highest BCUT2D eigenvalue weighted by molar-refractivity contribution is 5.97. The van der Waals surface area contributed by atoms with Crippen molar-refractivity contribution in [2.75, 3.05) is 31.6 Å². The highest BCUT2D eigenvalue weighted by Gasteiger charge is 2.27. The minimum absolute atomic E-state index is 0.0421. The van der Waals surface area contributed by atoms with E-state index in [4.69, 9.17) is 4.74 Å². The van der Waals surface area contributed by atoms with Crippen LogP contribution in [0.3, 0.4) is 0 Å². The van der Waals surface area contributed by atoms with Gasteiger partial charge in [-0.05, 0) is 112 Å². The number of ether oxygens (including phenoxy) is 1. The first-order chi connectivity index (χ1) is 18.8. The number of rotatable bonds is 10. The number of hydrogen-bond acceptors (Lipinski definition) is 5. The third-order valence-electron chi connectivity index (χ3n) is 8.47. The second kappa shape index (κ2) is 13.1. The number of likely N-dealkylation sites (tertiary alicyclic amines) is 1. The van der Waals surface area contributed by atoms with E-state index < -0.39 is 0 Å². The third kappa shape index (κ3) is 6.99. The van der Waals surface area contributed by atoms with Crippen molar-refractivity contribution in [1.29, 1.82) is 0 Å². The molecule has 3 aromatic rings. The lowest BCUT2D eigenvalue weighted by Gasteiger charge is -2.42. The number of aromatic nitrogens is 1. The van der Waals surface area contributed by atoms with Crippen LogP contribution in [0.2, 0.25) is 0 Å². The van der Waals surface area contributed by atoms with Crippen molar-refractivity contribution in [3.8, 4) is 5.75 Å². The van der Waals surface area contributed by atoms with E-state index in [0.717, 1.165) is 66.9 Å². The van der Waals surface area contributed by atoms with Crippen molar-refractivity contribution >= 4 is 11.6 Å². The summed E-state index contributed by atoms with van der Waals surface area (Å²) in [6, 6.07) is 15.5. The molecule has 208 valence electrons. The molecular formula is C33H44N4O2. The first-order valence-corrected chi connectivity index (χ1v) is 14.2. The number of carbonyl (C=O) groups excluding carboxylic acids is 1. The fraction of sp³-hybridized carbons (Fsp3) is 0.455. The summed E-state index contributed by atoms with van der Waals surface area (Å²) in [6.45, 7) is 14.2. The van der Waals surface area contributed by atoms with Crippen molar-refractivity contribution < 1.29 is 9.53 Å². The maximum atomic E-state index is 12.9. The van der Waals surface area contributed by atoms with Crippen LogP contribution in [-0.4, -0.2) is 54.6 Å². The van der Waals surface area contributed by atoms with Crippen molar-refractivity contribution in [2.45, 2.75) is 72.5 Å². The summed E-state index contributed by atoms with van der Waals surface area (Å²) >= 11 is 0. The molecule has 1 amide bonds. The SMILES string of the molecule is COc1ccc(N(Cc2cnccc2C)C2CCN([C@H](C)CCNC(=O)c3c(C)ccc(C)c3C)CC2)cc1. The lowest BCUT2D eigenvalue weighted by Crippen LogP contribution is -2.48. The van der Waals surface area contributed by atoms with Crippen LogP contribution in [0.1, 0.15) is 64.4 Å². The maximum absolute atomic E-state index is 12.9. The van der Waals surface area contributed by atoms with E-state index in [1.54, 1.807) is 7.11 Å². The van der Waals surface area contributed by atoms with Gasteiger partial charge in [0, 0.05) is 61.9 Å². The molecule has 0 aliphatic carbocycles. The molecule has 0 spiro atoms. The number of anilines is 1. The smallest absolute Gasteiger partial charge is 0.251 e. The Morgan fingerprint density at radius 1 is 1.03 bits per heavy atom. The first kappa shape index (κ1) is 28.6. The number of nitrogens with zero attached hydrogens (tertiary/aromatic N) is 3. The molecule has 1 atom stereocenters. The van der Waals surface area contributed by atoms with Gasteiger partial charge in [-0.15, -0.1) is 0 Å². The number of pyridine rings is 1. The second-order valence-electron chi connectivity index (χ2n) is 11.0. The van der Waals surface area contributed by atoms with Crippen molar-refractivity contribution in [3.05, 3.63) is 88.2 Å². The summed E-state index contributed by atoms with van der Waals surface area (Å²) in [5.74, 6) is 0.917. The van der Waals surface area contributed by atoms with Gasteiger partial charge in [0.2, 0.25) is 0 Å². The van der Waals surface area contributed by atoms with Crippen LogP contribution >= 0.6 is 0 Å². The Kier molecular flexibility index (Phi) is 9.63. The Morgan fingerprint density at radius 3 is 2.38 bits per heavy atom. The summed E-state index contributed by atoms with van der Waals surface area (Å²) in [5.41, 5.74) is 7.84. The monoisotopic (exact) mass is 528 g/mol. The highest BCUT2D eigenvalue weighted by Crippen LogP contribution is 2.29. The molecule has 1 aromatic heterocycles. The largest absolute Gasteiger partial charge is 0.497 e. The lowest BCUT2D eigenvalue weighted by atomic mass is 9.97. The number of amides is 1. The van der Waals surface area contributed by atoms with Gasteiger partial charge in [0.05, 0.1) is 7.11 Å². The van der Waals surface area contributed by atoms with Crippen molar-refractivity contribution in [3.63, 3.8) is 0 Å². The van der Waals surface area contributed by atoms with E-state index in [9.17, 15) is 4.79 Å². The predicted octanol–water partition coefficient (Wildman–Crippen LogP) is 6.00. The molecule has 1 fully saturated rings. The summed E-state index contributed by atoms with van der Waals surface area (Å²) in [5, 5.41) is 3.18. The van der Waals surface area contributed by atoms with Crippen LogP contribution in [0, 0.1) is 27.7 Å². The van der Waals surface area contributed by atoms with E-state index in [-0.39, 0.29) is 5.91 Å². The average molecular weight is 529 g/mol. The molecule has 0 unspecified atom stereocenters. The molecule has 6 heteroatoms. The number of nitrogens with one attached hydrogen (secondary N) is 1. The topological polar surface area (TPSA) is 57.7 Å². The van der Waals surface area contributed by atoms with Gasteiger partial charge in [-0.1, -0.05) is 12.1 Å². The van der Waals surface area contributed by atoms with Gasteiger partial charge in [-0.2, -0.15) is 0 Å². The number of hydrogen-bond donors (Lipinski definition) is 1. The van der Waals surface area contributed by atoms with Crippen LogP contribution in [0.5, 0.6) is 5.75 Å². The fourth-order valence-corrected chi connectivity index (χ4v) is 5.66. The fourth-order valence-electron chi connectivity index (χ4n) is 5.66. The van der Waals surface area contributed by atoms with Gasteiger partial charge in [0.25, 0.3) is 5.91 Å². The number of methoxy groups -OCH3 is 1. The number of piperidine rings is 1. The Hall–Kier alpha value is -3.38. The van der Waals surface area contributed by atoms with Crippen molar-refractivity contribution in [2.24, 2.45) is 0 Å². The van der Waals surface area contributed by atoms with Crippen LogP contribution < -0.4 is 15.0 Å². The van der Waals surface area contributed by atoms with Gasteiger partial charge in [-0.25, -0.2) is 0 Å². The molecule has 0 radical (unpaired) electrons. The van der Waals surface area contributed by atoms with Gasteiger partial charge >= 0.3 is 0 Å². The van der Waals surface area contributed by atoms with Gasteiger partial charge in [-0.3, -0.25) is 9.78 Å². The van der Waals surface area contributed by atoms with E-state index in [1.165, 1.54) is 16.8 Å². The molecule has 0 saturated carbocycles. The zero-order valence-corrected chi connectivity index (χ0v) is 24.5. The standard InChI is InChI=1S/C33H44N4O2/c1-23-7-8-25(3)32(27(23)5)33(38)35-18-14-26(4)36-19-15-30(16-20-36)37(22-28-21-34-17-13-24(28)2)29-9-11-31(39-6)12-10-29/h7-13,17,21,26,30H,14-16,18-20,22H2,1-6H3,(H,35,38)/t26-/m1/s1. The van der Waals surface area contributed by atoms with Crippen LogP contribution in [0.25, 0.3) is 0 Å². The van der Waals surface area contributed by atoms with Gasteiger partial charge in [0.1, 0.15) is 5.75 Å². The minimum Gasteiger partial charge on any atom is -0.497 e. The molecule has 2 aromatic carbocycles. The van der Waals surface area contributed by atoms with E-state index in [1.807, 2.05) is 44.4 Å². The molecule has 1 saturated heterocycles. The van der Waals surface area contributed by atoms with Crippen LogP contribution in [-0.2, 0) is 6.54 Å². The van der Waals surface area contributed by atoms with E-state index in [0.29, 0.717) is 18.6 Å². The van der Waals surface area contributed by atoms with Crippen LogP contribution in [0.4, 0.5) is 5.69 Å². The molecule has 39 heavy (non-hydrogen) atoms. The third-order valence-corrected chi connectivity index (χ3v) is 8.47. The Morgan fingerprint density at radius 2 is 1.72 bits per heavy atom.